The molecule has 1 saturated carbocycles. The number of carbonyl (C=O) groups excluding carboxylic acids is 2. The number of rotatable bonds is 2. The van der Waals surface area contributed by atoms with E-state index in [9.17, 15) is 9.59 Å². The van der Waals surface area contributed by atoms with Crippen molar-refractivity contribution < 1.29 is 9.59 Å². The third kappa shape index (κ3) is 3.48. The summed E-state index contributed by atoms with van der Waals surface area (Å²) >= 11 is 0. The second-order valence-electron chi connectivity index (χ2n) is 7.05. The highest BCUT2D eigenvalue weighted by Crippen LogP contribution is 2.28. The predicted molar refractivity (Wildman–Crippen MR) is 74.5 cm³/mol. The van der Waals surface area contributed by atoms with Crippen LogP contribution in [0.4, 0.5) is 0 Å². The largest absolute Gasteiger partial charge is 0.344 e. The molecule has 1 aliphatic carbocycles. The Morgan fingerprint density at radius 1 is 1.21 bits per heavy atom. The van der Waals surface area contributed by atoms with Crippen molar-refractivity contribution in [3.63, 3.8) is 0 Å². The molecule has 2 aliphatic rings. The lowest BCUT2D eigenvalue weighted by Crippen LogP contribution is -2.52. The van der Waals surface area contributed by atoms with Gasteiger partial charge >= 0.3 is 0 Å². The normalized spacial score (nSPS) is 26.5. The molecule has 0 spiro atoms. The number of nitrogens with zero attached hydrogens (tertiary/aromatic N) is 1. The van der Waals surface area contributed by atoms with Crippen LogP contribution in [0.5, 0.6) is 0 Å². The van der Waals surface area contributed by atoms with Crippen LogP contribution in [0, 0.1) is 11.3 Å². The molecule has 1 saturated heterocycles. The molecule has 0 aromatic heterocycles. The first kappa shape index (κ1) is 14.4. The van der Waals surface area contributed by atoms with E-state index in [0.29, 0.717) is 18.9 Å². The van der Waals surface area contributed by atoms with Gasteiger partial charge in [0.25, 0.3) is 0 Å². The standard InChI is InChI=1S/C15H26N2O2/c1-15(2,3)13-14(19)17(9-8-12(18)16-13)10-11-6-4-5-7-11/h11,13H,4-10H2,1-3H3,(H,16,18). The Morgan fingerprint density at radius 2 is 1.84 bits per heavy atom. The first-order valence-electron chi connectivity index (χ1n) is 7.46. The molecule has 19 heavy (non-hydrogen) atoms. The number of amides is 2. The predicted octanol–water partition coefficient (Wildman–Crippen LogP) is 1.94. The molecular formula is C15H26N2O2. The lowest BCUT2D eigenvalue weighted by Gasteiger charge is -2.33. The molecule has 1 atom stereocenters. The van der Waals surface area contributed by atoms with Crippen molar-refractivity contribution in [3.8, 4) is 0 Å². The molecule has 2 rings (SSSR count). The van der Waals surface area contributed by atoms with E-state index in [1.54, 1.807) is 0 Å². The minimum Gasteiger partial charge on any atom is -0.344 e. The van der Waals surface area contributed by atoms with Crippen molar-refractivity contribution in [3.05, 3.63) is 0 Å². The molecule has 1 aliphatic heterocycles. The van der Waals surface area contributed by atoms with Gasteiger partial charge in [-0.15, -0.1) is 0 Å². The lowest BCUT2D eigenvalue weighted by atomic mass is 9.86. The average molecular weight is 266 g/mol. The van der Waals surface area contributed by atoms with Crippen molar-refractivity contribution >= 4 is 11.8 Å². The average Bonchev–Trinajstić information content (AvgIpc) is 2.77. The van der Waals surface area contributed by atoms with E-state index >= 15 is 0 Å². The minimum atomic E-state index is -0.385. The second-order valence-corrected chi connectivity index (χ2v) is 7.05. The molecule has 1 heterocycles. The van der Waals surface area contributed by atoms with Crippen LogP contribution < -0.4 is 5.32 Å². The summed E-state index contributed by atoms with van der Waals surface area (Å²) in [5.41, 5.74) is -0.231. The van der Waals surface area contributed by atoms with E-state index in [0.717, 1.165) is 6.54 Å². The topological polar surface area (TPSA) is 49.4 Å². The summed E-state index contributed by atoms with van der Waals surface area (Å²) in [4.78, 5) is 26.3. The summed E-state index contributed by atoms with van der Waals surface area (Å²) in [6.07, 6.45) is 5.46. The molecule has 0 radical (unpaired) electrons. The molecule has 108 valence electrons. The monoisotopic (exact) mass is 266 g/mol. The van der Waals surface area contributed by atoms with Crippen LogP contribution in [0.3, 0.4) is 0 Å². The van der Waals surface area contributed by atoms with Crippen molar-refractivity contribution in [2.24, 2.45) is 11.3 Å². The van der Waals surface area contributed by atoms with Gasteiger partial charge in [0.2, 0.25) is 11.8 Å². The van der Waals surface area contributed by atoms with Crippen LogP contribution >= 0.6 is 0 Å². The Bertz CT molecular complexity index is 354. The molecular weight excluding hydrogens is 240 g/mol. The maximum absolute atomic E-state index is 12.6. The van der Waals surface area contributed by atoms with E-state index in [1.165, 1.54) is 25.7 Å². The summed E-state index contributed by atoms with van der Waals surface area (Å²) in [5, 5.41) is 2.89. The highest BCUT2D eigenvalue weighted by atomic mass is 16.2. The third-order valence-corrected chi connectivity index (χ3v) is 4.29. The summed E-state index contributed by atoms with van der Waals surface area (Å²) in [6, 6.07) is -0.385. The van der Waals surface area contributed by atoms with Crippen molar-refractivity contribution in [2.75, 3.05) is 13.1 Å². The van der Waals surface area contributed by atoms with Gasteiger partial charge in [0, 0.05) is 19.5 Å². The van der Waals surface area contributed by atoms with Crippen molar-refractivity contribution in [2.45, 2.75) is 58.9 Å². The molecule has 1 unspecified atom stereocenters. The highest BCUT2D eigenvalue weighted by Gasteiger charge is 2.38. The van der Waals surface area contributed by atoms with E-state index in [1.807, 2.05) is 25.7 Å². The van der Waals surface area contributed by atoms with Gasteiger partial charge in [-0.3, -0.25) is 9.59 Å². The third-order valence-electron chi connectivity index (χ3n) is 4.29. The van der Waals surface area contributed by atoms with E-state index < -0.39 is 0 Å². The zero-order chi connectivity index (χ0) is 14.0. The Kier molecular flexibility index (Phi) is 4.16. The summed E-state index contributed by atoms with van der Waals surface area (Å²) in [6.45, 7) is 7.44. The van der Waals surface area contributed by atoms with Gasteiger partial charge in [0.05, 0.1) is 0 Å². The molecule has 2 amide bonds. The zero-order valence-electron chi connectivity index (χ0n) is 12.4. The van der Waals surface area contributed by atoms with Gasteiger partial charge in [-0.1, -0.05) is 33.6 Å². The minimum absolute atomic E-state index is 0.00203. The maximum atomic E-state index is 12.6. The van der Waals surface area contributed by atoms with Crippen LogP contribution in [-0.4, -0.2) is 35.8 Å². The molecule has 4 nitrogen and oxygen atoms in total. The molecule has 1 N–H and O–H groups in total. The van der Waals surface area contributed by atoms with Crippen LogP contribution in [-0.2, 0) is 9.59 Å². The second kappa shape index (κ2) is 5.51. The Hall–Kier alpha value is -1.06. The number of hydrogen-bond acceptors (Lipinski definition) is 2. The van der Waals surface area contributed by atoms with E-state index in [2.05, 4.69) is 5.32 Å². The Balaban J connectivity index is 2.09. The summed E-state index contributed by atoms with van der Waals surface area (Å²) in [5.74, 6) is 0.741. The first-order chi connectivity index (χ1) is 8.88. The van der Waals surface area contributed by atoms with E-state index in [-0.39, 0.29) is 23.3 Å². The maximum Gasteiger partial charge on any atom is 0.245 e. The Morgan fingerprint density at radius 3 is 2.42 bits per heavy atom. The van der Waals surface area contributed by atoms with Crippen LogP contribution in [0.1, 0.15) is 52.9 Å². The lowest BCUT2D eigenvalue weighted by molar-refractivity contribution is -0.136. The fourth-order valence-electron chi connectivity index (χ4n) is 3.10. The van der Waals surface area contributed by atoms with Gasteiger partial charge in [0.15, 0.2) is 0 Å². The van der Waals surface area contributed by atoms with Gasteiger partial charge in [-0.25, -0.2) is 0 Å². The van der Waals surface area contributed by atoms with Crippen LogP contribution in [0.25, 0.3) is 0 Å². The number of carbonyl (C=O) groups is 2. The Labute approximate surface area is 115 Å². The van der Waals surface area contributed by atoms with Crippen molar-refractivity contribution in [1.82, 2.24) is 10.2 Å². The fraction of sp³-hybridized carbons (Fsp3) is 0.867. The van der Waals surface area contributed by atoms with Crippen LogP contribution in [0.15, 0.2) is 0 Å². The van der Waals surface area contributed by atoms with Gasteiger partial charge in [-0.2, -0.15) is 0 Å². The molecule has 0 bridgehead atoms. The summed E-state index contributed by atoms with van der Waals surface area (Å²) < 4.78 is 0. The van der Waals surface area contributed by atoms with Gasteiger partial charge in [0.1, 0.15) is 6.04 Å². The first-order valence-corrected chi connectivity index (χ1v) is 7.46. The molecule has 0 aromatic carbocycles. The summed E-state index contributed by atoms with van der Waals surface area (Å²) in [7, 11) is 0. The fourth-order valence-corrected chi connectivity index (χ4v) is 3.10. The SMILES string of the molecule is CC(C)(C)C1NC(=O)CCN(CC2CCCC2)C1=O. The smallest absolute Gasteiger partial charge is 0.245 e. The highest BCUT2D eigenvalue weighted by molar-refractivity contribution is 5.90. The number of hydrogen-bond donors (Lipinski definition) is 1. The van der Waals surface area contributed by atoms with Crippen molar-refractivity contribution in [1.29, 1.82) is 0 Å². The van der Waals surface area contributed by atoms with Gasteiger partial charge in [-0.05, 0) is 24.2 Å². The molecule has 0 aromatic rings. The van der Waals surface area contributed by atoms with Gasteiger partial charge < -0.3 is 10.2 Å². The molecule has 2 fully saturated rings. The quantitative estimate of drug-likeness (QED) is 0.830. The zero-order valence-corrected chi connectivity index (χ0v) is 12.4. The van der Waals surface area contributed by atoms with E-state index in [4.69, 9.17) is 0 Å². The number of nitrogens with one attached hydrogen (secondary N) is 1. The van der Waals surface area contributed by atoms with Crippen LogP contribution in [0.2, 0.25) is 0 Å². The molecule has 4 heteroatoms.